The maximum absolute atomic E-state index is 6.41. The zero-order chi connectivity index (χ0) is 23.5. The van der Waals surface area contributed by atoms with Crippen LogP contribution in [0.2, 0.25) is 5.02 Å². The Labute approximate surface area is 205 Å². The van der Waals surface area contributed by atoms with Crippen LogP contribution >= 0.6 is 11.6 Å². The number of methoxy groups -OCH3 is 1. The van der Waals surface area contributed by atoms with Gasteiger partial charge in [-0.15, -0.1) is 0 Å². The Bertz CT molecular complexity index is 1140. The summed E-state index contributed by atoms with van der Waals surface area (Å²) in [5, 5.41) is 0.681. The first-order chi connectivity index (χ1) is 16.6. The number of pyridine rings is 1. The molecule has 5 rings (SSSR count). The summed E-state index contributed by atoms with van der Waals surface area (Å²) in [5.41, 5.74) is 1.89. The van der Waals surface area contributed by atoms with E-state index in [1.165, 1.54) is 0 Å². The molecule has 178 valence electrons. The second-order valence-electron chi connectivity index (χ2n) is 8.54. The van der Waals surface area contributed by atoms with Crippen molar-refractivity contribution in [2.75, 3.05) is 67.7 Å². The smallest absolute Gasteiger partial charge is 0.228 e. The average Bonchev–Trinajstić information content (AvgIpc) is 2.89. The standard InChI is InChI=1S/C25H29ClN6O2/c1-18-17-31(24-21(26)7-4-8-27-24)9-10-32(18)23-16-22(19-5-3-6-20(15-19)33-2)28-25(29-23)30-11-13-34-14-12-30/h3-8,15-16,18H,9-14,17H2,1-2H3. The predicted molar refractivity (Wildman–Crippen MR) is 135 cm³/mol. The van der Waals surface area contributed by atoms with E-state index in [1.807, 2.05) is 30.3 Å². The molecule has 34 heavy (non-hydrogen) atoms. The molecule has 3 aromatic rings. The van der Waals surface area contributed by atoms with Crippen molar-refractivity contribution in [3.05, 3.63) is 53.7 Å². The third-order valence-corrected chi connectivity index (χ3v) is 6.62. The van der Waals surface area contributed by atoms with Crippen LogP contribution in [0.25, 0.3) is 11.3 Å². The molecule has 0 bridgehead atoms. The summed E-state index contributed by atoms with van der Waals surface area (Å²) in [5.74, 6) is 3.30. The normalized spacial score (nSPS) is 18.8. The molecule has 1 atom stereocenters. The Balaban J connectivity index is 1.47. The first-order valence-corrected chi connectivity index (χ1v) is 12.0. The van der Waals surface area contributed by atoms with Crippen LogP contribution in [0.15, 0.2) is 48.7 Å². The van der Waals surface area contributed by atoms with Crippen molar-refractivity contribution in [1.82, 2.24) is 15.0 Å². The molecular weight excluding hydrogens is 452 g/mol. The molecule has 2 aromatic heterocycles. The quantitative estimate of drug-likeness (QED) is 0.547. The van der Waals surface area contributed by atoms with Gasteiger partial charge in [-0.05, 0) is 31.2 Å². The van der Waals surface area contributed by atoms with Gasteiger partial charge in [-0.25, -0.2) is 9.97 Å². The van der Waals surface area contributed by atoms with Crippen molar-refractivity contribution in [1.29, 1.82) is 0 Å². The lowest BCUT2D eigenvalue weighted by molar-refractivity contribution is 0.122. The van der Waals surface area contributed by atoms with Gasteiger partial charge in [0.2, 0.25) is 5.95 Å². The summed E-state index contributed by atoms with van der Waals surface area (Å²) in [4.78, 5) is 21.2. The van der Waals surface area contributed by atoms with Crippen LogP contribution in [0.1, 0.15) is 6.92 Å². The largest absolute Gasteiger partial charge is 0.497 e. The van der Waals surface area contributed by atoms with Gasteiger partial charge in [0.25, 0.3) is 0 Å². The fourth-order valence-corrected chi connectivity index (χ4v) is 4.75. The Hall–Kier alpha value is -3.10. The lowest BCUT2D eigenvalue weighted by atomic mass is 10.1. The van der Waals surface area contributed by atoms with Crippen LogP contribution < -0.4 is 19.4 Å². The first kappa shape index (κ1) is 22.7. The maximum Gasteiger partial charge on any atom is 0.228 e. The molecule has 2 aliphatic rings. The third-order valence-electron chi connectivity index (χ3n) is 6.32. The Morgan fingerprint density at radius 3 is 2.62 bits per heavy atom. The van der Waals surface area contributed by atoms with Gasteiger partial charge in [0.05, 0.1) is 31.0 Å². The number of rotatable bonds is 5. The summed E-state index contributed by atoms with van der Waals surface area (Å²) in [6, 6.07) is 14.1. The number of nitrogens with zero attached hydrogens (tertiary/aromatic N) is 6. The van der Waals surface area contributed by atoms with E-state index in [-0.39, 0.29) is 6.04 Å². The molecule has 0 radical (unpaired) electrons. The van der Waals surface area contributed by atoms with Crippen molar-refractivity contribution in [3.63, 3.8) is 0 Å². The van der Waals surface area contributed by atoms with Crippen LogP contribution in [0, 0.1) is 0 Å². The fourth-order valence-electron chi connectivity index (χ4n) is 4.50. The minimum Gasteiger partial charge on any atom is -0.497 e. The molecule has 8 nitrogen and oxygen atoms in total. The van der Waals surface area contributed by atoms with E-state index in [4.69, 9.17) is 31.0 Å². The van der Waals surface area contributed by atoms with Crippen LogP contribution in [-0.2, 0) is 4.74 Å². The number of hydrogen-bond donors (Lipinski definition) is 0. The SMILES string of the molecule is COc1cccc(-c2cc(N3CCN(c4ncccc4Cl)CC3C)nc(N3CCOCC3)n2)c1. The molecule has 0 N–H and O–H groups in total. The highest BCUT2D eigenvalue weighted by molar-refractivity contribution is 6.32. The topological polar surface area (TPSA) is 66.9 Å². The van der Waals surface area contributed by atoms with Crippen molar-refractivity contribution in [2.24, 2.45) is 0 Å². The molecule has 0 spiro atoms. The zero-order valence-corrected chi connectivity index (χ0v) is 20.3. The van der Waals surface area contributed by atoms with Gasteiger partial charge in [-0.2, -0.15) is 4.98 Å². The number of morpholine rings is 1. The summed E-state index contributed by atoms with van der Waals surface area (Å²) in [6.07, 6.45) is 1.79. The summed E-state index contributed by atoms with van der Waals surface area (Å²) in [6.45, 7) is 7.57. The van der Waals surface area contributed by atoms with Gasteiger partial charge in [0, 0.05) is 56.6 Å². The van der Waals surface area contributed by atoms with E-state index in [0.717, 1.165) is 67.3 Å². The predicted octanol–water partition coefficient (Wildman–Crippen LogP) is 3.75. The molecule has 2 fully saturated rings. The van der Waals surface area contributed by atoms with E-state index in [2.05, 4.69) is 38.7 Å². The lowest BCUT2D eigenvalue weighted by Gasteiger charge is -2.41. The van der Waals surface area contributed by atoms with Gasteiger partial charge in [0.1, 0.15) is 17.4 Å². The van der Waals surface area contributed by atoms with Crippen molar-refractivity contribution >= 4 is 29.2 Å². The van der Waals surface area contributed by atoms with Gasteiger partial charge in [-0.1, -0.05) is 23.7 Å². The molecule has 9 heteroatoms. The van der Waals surface area contributed by atoms with Gasteiger partial charge < -0.3 is 24.2 Å². The number of aromatic nitrogens is 3. The van der Waals surface area contributed by atoms with Crippen LogP contribution in [0.4, 0.5) is 17.6 Å². The number of piperazine rings is 1. The Kier molecular flexibility index (Phi) is 6.69. The summed E-state index contributed by atoms with van der Waals surface area (Å²) < 4.78 is 11.0. The van der Waals surface area contributed by atoms with Gasteiger partial charge >= 0.3 is 0 Å². The zero-order valence-electron chi connectivity index (χ0n) is 19.5. The van der Waals surface area contributed by atoms with Gasteiger partial charge in [0.15, 0.2) is 0 Å². The lowest BCUT2D eigenvalue weighted by Crippen LogP contribution is -2.53. The maximum atomic E-state index is 6.41. The molecule has 0 amide bonds. The van der Waals surface area contributed by atoms with Crippen molar-refractivity contribution < 1.29 is 9.47 Å². The Morgan fingerprint density at radius 1 is 1.00 bits per heavy atom. The average molecular weight is 481 g/mol. The van der Waals surface area contributed by atoms with Gasteiger partial charge in [-0.3, -0.25) is 0 Å². The monoisotopic (exact) mass is 480 g/mol. The minimum atomic E-state index is 0.220. The molecule has 2 aliphatic heterocycles. The van der Waals surface area contributed by atoms with Crippen molar-refractivity contribution in [3.8, 4) is 17.0 Å². The molecule has 4 heterocycles. The van der Waals surface area contributed by atoms with E-state index in [0.29, 0.717) is 18.2 Å². The first-order valence-electron chi connectivity index (χ1n) is 11.6. The molecule has 0 saturated carbocycles. The highest BCUT2D eigenvalue weighted by atomic mass is 35.5. The van der Waals surface area contributed by atoms with E-state index in [1.54, 1.807) is 13.3 Å². The second kappa shape index (κ2) is 10.0. The number of anilines is 3. The molecular formula is C25H29ClN6O2. The van der Waals surface area contributed by atoms with Crippen LogP contribution in [0.5, 0.6) is 5.75 Å². The van der Waals surface area contributed by atoms with E-state index >= 15 is 0 Å². The molecule has 2 saturated heterocycles. The highest BCUT2D eigenvalue weighted by Crippen LogP contribution is 2.31. The number of halogens is 1. The van der Waals surface area contributed by atoms with Crippen LogP contribution in [-0.4, -0.2) is 74.0 Å². The fraction of sp³-hybridized carbons (Fsp3) is 0.400. The number of benzene rings is 1. The van der Waals surface area contributed by atoms with E-state index < -0.39 is 0 Å². The minimum absolute atomic E-state index is 0.220. The molecule has 1 unspecified atom stereocenters. The van der Waals surface area contributed by atoms with Crippen LogP contribution in [0.3, 0.4) is 0 Å². The second-order valence-corrected chi connectivity index (χ2v) is 8.95. The third kappa shape index (κ3) is 4.74. The molecule has 0 aliphatic carbocycles. The summed E-state index contributed by atoms with van der Waals surface area (Å²) in [7, 11) is 1.68. The molecule has 1 aromatic carbocycles. The summed E-state index contributed by atoms with van der Waals surface area (Å²) >= 11 is 6.41. The Morgan fingerprint density at radius 2 is 1.85 bits per heavy atom. The number of ether oxygens (including phenoxy) is 2. The highest BCUT2D eigenvalue weighted by Gasteiger charge is 2.28. The van der Waals surface area contributed by atoms with Crippen molar-refractivity contribution in [2.45, 2.75) is 13.0 Å². The number of hydrogen-bond acceptors (Lipinski definition) is 8. The van der Waals surface area contributed by atoms with E-state index in [9.17, 15) is 0 Å².